The molecule has 0 aromatic carbocycles. The molecule has 0 bridgehead atoms. The first kappa shape index (κ1) is 15.7. The molecule has 1 atom stereocenters. The van der Waals surface area contributed by atoms with Crippen molar-refractivity contribution < 1.29 is 4.79 Å². The number of piperidine rings is 1. The topological polar surface area (TPSA) is 88.8 Å². The Labute approximate surface area is 148 Å². The monoisotopic (exact) mass is 355 g/mol. The fourth-order valence-corrected chi connectivity index (χ4v) is 3.42. The summed E-state index contributed by atoms with van der Waals surface area (Å²) in [7, 11) is 0. The number of rotatable bonds is 4. The summed E-state index contributed by atoms with van der Waals surface area (Å²) in [5.41, 5.74) is 2.07. The minimum absolute atomic E-state index is 0.233. The highest BCUT2D eigenvalue weighted by Gasteiger charge is 2.22. The highest BCUT2D eigenvalue weighted by atomic mass is 32.1. The molecule has 1 aliphatic rings. The van der Waals surface area contributed by atoms with Gasteiger partial charge in [-0.2, -0.15) is 5.10 Å². The molecule has 0 aliphatic carbocycles. The molecule has 25 heavy (non-hydrogen) atoms. The number of carbonyl (C=O) groups is 1. The van der Waals surface area contributed by atoms with Crippen molar-refractivity contribution in [3.05, 3.63) is 47.9 Å². The number of amides is 1. The van der Waals surface area contributed by atoms with Gasteiger partial charge in [0.25, 0.3) is 5.91 Å². The fraction of sp³-hybridized carbons (Fsp3) is 0.312. The summed E-state index contributed by atoms with van der Waals surface area (Å²) in [5, 5.41) is 15.0. The van der Waals surface area contributed by atoms with Crippen LogP contribution in [0, 0.1) is 0 Å². The Morgan fingerprint density at radius 1 is 1.36 bits per heavy atom. The third-order valence-corrected chi connectivity index (χ3v) is 4.82. The molecule has 1 fully saturated rings. The van der Waals surface area contributed by atoms with E-state index < -0.39 is 0 Å². The first-order valence-electron chi connectivity index (χ1n) is 8.07. The molecule has 0 saturated carbocycles. The van der Waals surface area contributed by atoms with E-state index in [1.807, 2.05) is 29.2 Å². The van der Waals surface area contributed by atoms with Crippen molar-refractivity contribution in [1.29, 1.82) is 0 Å². The second-order valence-electron chi connectivity index (χ2n) is 5.83. The van der Waals surface area contributed by atoms with Crippen LogP contribution in [0.15, 0.2) is 42.3 Å². The van der Waals surface area contributed by atoms with Crippen LogP contribution in [0.25, 0.3) is 0 Å². The molecule has 0 radical (unpaired) electrons. The van der Waals surface area contributed by atoms with Gasteiger partial charge in [0, 0.05) is 31.7 Å². The average molecular weight is 355 g/mol. The fourth-order valence-electron chi connectivity index (χ4n) is 2.98. The molecule has 1 N–H and O–H groups in total. The Morgan fingerprint density at radius 2 is 2.32 bits per heavy atom. The zero-order valence-corrected chi connectivity index (χ0v) is 14.3. The molecule has 4 heterocycles. The van der Waals surface area contributed by atoms with E-state index in [4.69, 9.17) is 0 Å². The highest BCUT2D eigenvalue weighted by Crippen LogP contribution is 2.24. The van der Waals surface area contributed by atoms with Gasteiger partial charge in [-0.05, 0) is 31.0 Å². The Bertz CT molecular complexity index is 817. The zero-order chi connectivity index (χ0) is 17.1. The van der Waals surface area contributed by atoms with Crippen LogP contribution in [0.2, 0.25) is 0 Å². The number of carbonyl (C=O) groups excluding carboxylic acids is 1. The summed E-state index contributed by atoms with van der Waals surface area (Å²) in [6.07, 6.45) is 7.61. The van der Waals surface area contributed by atoms with Crippen molar-refractivity contribution in [1.82, 2.24) is 25.0 Å². The number of aromatic nitrogens is 5. The van der Waals surface area contributed by atoms with Crippen LogP contribution in [0.1, 0.15) is 29.2 Å². The van der Waals surface area contributed by atoms with E-state index in [9.17, 15) is 4.79 Å². The SMILES string of the molecule is O=C(Nc1nncs1)c1ccc(N2CCCC(n3cccn3)C2)nc1. The Hall–Kier alpha value is -2.81. The molecule has 1 unspecified atom stereocenters. The molecule has 128 valence electrons. The second kappa shape index (κ2) is 6.98. The highest BCUT2D eigenvalue weighted by molar-refractivity contribution is 7.13. The van der Waals surface area contributed by atoms with E-state index >= 15 is 0 Å². The number of nitrogens with one attached hydrogen (secondary N) is 1. The minimum Gasteiger partial charge on any atom is -0.354 e. The quantitative estimate of drug-likeness (QED) is 0.772. The minimum atomic E-state index is -0.233. The van der Waals surface area contributed by atoms with Crippen molar-refractivity contribution >= 4 is 28.2 Å². The molecular weight excluding hydrogens is 338 g/mol. The predicted octanol–water partition coefficient (Wildman–Crippen LogP) is 2.22. The van der Waals surface area contributed by atoms with Crippen molar-refractivity contribution in [2.75, 3.05) is 23.3 Å². The van der Waals surface area contributed by atoms with Crippen LogP contribution in [0.4, 0.5) is 10.9 Å². The third kappa shape index (κ3) is 3.50. The molecule has 3 aromatic heterocycles. The van der Waals surface area contributed by atoms with Crippen molar-refractivity contribution in [2.45, 2.75) is 18.9 Å². The first-order valence-corrected chi connectivity index (χ1v) is 8.95. The molecule has 1 saturated heterocycles. The maximum absolute atomic E-state index is 12.2. The van der Waals surface area contributed by atoms with Gasteiger partial charge in [0.2, 0.25) is 5.13 Å². The summed E-state index contributed by atoms with van der Waals surface area (Å²) >= 11 is 1.28. The van der Waals surface area contributed by atoms with Crippen LogP contribution in [0.5, 0.6) is 0 Å². The molecule has 4 rings (SSSR count). The van der Waals surface area contributed by atoms with Gasteiger partial charge in [-0.1, -0.05) is 11.3 Å². The summed E-state index contributed by atoms with van der Waals surface area (Å²) in [4.78, 5) is 18.9. The number of hydrogen-bond donors (Lipinski definition) is 1. The van der Waals surface area contributed by atoms with Crippen LogP contribution < -0.4 is 10.2 Å². The van der Waals surface area contributed by atoms with Gasteiger partial charge in [-0.3, -0.25) is 14.8 Å². The lowest BCUT2D eigenvalue weighted by Gasteiger charge is -2.33. The van der Waals surface area contributed by atoms with Gasteiger partial charge in [0.1, 0.15) is 11.3 Å². The summed E-state index contributed by atoms with van der Waals surface area (Å²) < 4.78 is 2.01. The lowest BCUT2D eigenvalue weighted by atomic mass is 10.1. The number of anilines is 2. The normalized spacial score (nSPS) is 17.4. The summed E-state index contributed by atoms with van der Waals surface area (Å²) in [6.45, 7) is 1.83. The molecule has 1 aliphatic heterocycles. The van der Waals surface area contributed by atoms with Gasteiger partial charge in [0.15, 0.2) is 0 Å². The maximum atomic E-state index is 12.2. The van der Waals surface area contributed by atoms with Crippen LogP contribution >= 0.6 is 11.3 Å². The molecule has 9 heteroatoms. The average Bonchev–Trinajstić information content (AvgIpc) is 3.36. The van der Waals surface area contributed by atoms with E-state index in [1.54, 1.807) is 17.8 Å². The van der Waals surface area contributed by atoms with Crippen LogP contribution in [0.3, 0.4) is 0 Å². The van der Waals surface area contributed by atoms with Gasteiger partial charge in [0.05, 0.1) is 11.6 Å². The Balaban J connectivity index is 1.43. The van der Waals surface area contributed by atoms with Gasteiger partial charge in [-0.25, -0.2) is 4.98 Å². The zero-order valence-electron chi connectivity index (χ0n) is 13.4. The largest absolute Gasteiger partial charge is 0.354 e. The lowest BCUT2D eigenvalue weighted by Crippen LogP contribution is -2.37. The van der Waals surface area contributed by atoms with E-state index in [2.05, 4.69) is 30.5 Å². The molecule has 8 nitrogen and oxygen atoms in total. The number of pyridine rings is 1. The molecule has 1 amide bonds. The smallest absolute Gasteiger partial charge is 0.259 e. The van der Waals surface area contributed by atoms with Crippen LogP contribution in [-0.2, 0) is 0 Å². The standard InChI is InChI=1S/C16H17N7OS/c24-15(20-16-21-18-11-25-16)12-4-5-14(17-9-12)22-7-1-3-13(10-22)23-8-2-6-19-23/h2,4-6,8-9,11,13H,1,3,7,10H2,(H,20,21,24). The van der Waals surface area contributed by atoms with Gasteiger partial charge >= 0.3 is 0 Å². The molecule has 3 aromatic rings. The van der Waals surface area contributed by atoms with Crippen molar-refractivity contribution in [2.24, 2.45) is 0 Å². The van der Waals surface area contributed by atoms with Gasteiger partial charge < -0.3 is 4.90 Å². The van der Waals surface area contributed by atoms with E-state index in [-0.39, 0.29) is 5.91 Å². The van der Waals surface area contributed by atoms with E-state index in [0.29, 0.717) is 16.7 Å². The number of hydrogen-bond acceptors (Lipinski definition) is 7. The van der Waals surface area contributed by atoms with E-state index in [0.717, 1.165) is 31.7 Å². The van der Waals surface area contributed by atoms with Crippen LogP contribution in [-0.4, -0.2) is 44.0 Å². The Kier molecular flexibility index (Phi) is 4.38. The maximum Gasteiger partial charge on any atom is 0.259 e. The van der Waals surface area contributed by atoms with Crippen molar-refractivity contribution in [3.8, 4) is 0 Å². The third-order valence-electron chi connectivity index (χ3n) is 4.21. The Morgan fingerprint density at radius 3 is 3.04 bits per heavy atom. The first-order chi connectivity index (χ1) is 12.3. The predicted molar refractivity (Wildman–Crippen MR) is 94.8 cm³/mol. The second-order valence-corrected chi connectivity index (χ2v) is 6.66. The molecule has 0 spiro atoms. The number of nitrogens with zero attached hydrogens (tertiary/aromatic N) is 6. The van der Waals surface area contributed by atoms with E-state index in [1.165, 1.54) is 11.3 Å². The molecular formula is C16H17N7OS. The van der Waals surface area contributed by atoms with Crippen molar-refractivity contribution in [3.63, 3.8) is 0 Å². The lowest BCUT2D eigenvalue weighted by molar-refractivity contribution is 0.102. The summed E-state index contributed by atoms with van der Waals surface area (Å²) in [6, 6.07) is 5.98. The summed E-state index contributed by atoms with van der Waals surface area (Å²) in [5.74, 6) is 0.646. The van der Waals surface area contributed by atoms with Gasteiger partial charge in [-0.15, -0.1) is 10.2 Å².